The number of nitrogens with one attached hydrogen (secondary N) is 1. The van der Waals surface area contributed by atoms with E-state index < -0.39 is 18.0 Å². The van der Waals surface area contributed by atoms with Crippen LogP contribution in [0.4, 0.5) is 4.79 Å². The number of amides is 3. The summed E-state index contributed by atoms with van der Waals surface area (Å²) < 4.78 is 0. The Hall–Kier alpha value is -1.09. The number of aliphatic hydroxyl groups excluding tert-OH is 1. The summed E-state index contributed by atoms with van der Waals surface area (Å²) in [6.07, 6.45) is 3.36. The molecule has 1 unspecified atom stereocenters. The normalized spacial score (nSPS) is 32.7. The number of β-lactam (4-membered cyclic amide) rings is 1. The molecular weight excluding hydrogens is 361 g/mol. The Bertz CT molecular complexity index is 705. The summed E-state index contributed by atoms with van der Waals surface area (Å²) >= 11 is 0. The van der Waals surface area contributed by atoms with Gasteiger partial charge in [0, 0.05) is 19.0 Å². The van der Waals surface area contributed by atoms with Gasteiger partial charge in [0.15, 0.2) is 0 Å². The average Bonchev–Trinajstić information content (AvgIpc) is 3.33. The maximum absolute atomic E-state index is 12.5. The molecule has 0 aromatic heterocycles. The molecule has 2 saturated carbocycles. The van der Waals surface area contributed by atoms with Crippen molar-refractivity contribution in [3.05, 3.63) is 11.3 Å². The molecule has 9 heteroatoms. The van der Waals surface area contributed by atoms with Gasteiger partial charge in [0.2, 0.25) is 5.91 Å². The number of aliphatic carboxylic acids is 1. The number of carbonyl (C=O) groups is 3. The molecule has 142 valence electrons. The quantitative estimate of drug-likeness (QED) is 0.381. The van der Waals surface area contributed by atoms with Crippen molar-refractivity contribution in [2.24, 2.45) is 11.8 Å². The molecule has 0 radical (unpaired) electrons. The van der Waals surface area contributed by atoms with E-state index in [9.17, 15) is 24.6 Å². The van der Waals surface area contributed by atoms with Gasteiger partial charge in [0.1, 0.15) is 0 Å². The van der Waals surface area contributed by atoms with Gasteiger partial charge in [-0.25, -0.2) is 4.79 Å². The molecular formula is C18H24N3NaO5. The number of urea groups is 1. The van der Waals surface area contributed by atoms with Crippen molar-refractivity contribution in [3.8, 4) is 0 Å². The largest absolute Gasteiger partial charge is 1.00 e. The molecule has 0 spiro atoms. The topological polar surface area (TPSA) is 113 Å². The van der Waals surface area contributed by atoms with E-state index in [1.807, 2.05) is 0 Å². The van der Waals surface area contributed by atoms with Gasteiger partial charge in [-0.1, -0.05) is 6.42 Å². The van der Waals surface area contributed by atoms with Crippen LogP contribution in [0.5, 0.6) is 0 Å². The van der Waals surface area contributed by atoms with Gasteiger partial charge < -0.3 is 30.1 Å². The molecule has 2 N–H and O–H groups in total. The smallest absolute Gasteiger partial charge is 0.543 e. The Morgan fingerprint density at radius 2 is 1.96 bits per heavy atom. The molecule has 0 bridgehead atoms. The third-order valence-electron chi connectivity index (χ3n) is 6.27. The predicted molar refractivity (Wildman–Crippen MR) is 88.3 cm³/mol. The standard InChI is InChI=1S/C18H25N3O5.Na/c1-8(22)12-14-10-4-3-5-11(20(2)18(26)19-9-6-7-9)13(10)15(17(24)25)21(14)16(12)23;/h8-12,14,22H,3-7H2,1-2H3,(H,19,26)(H,24,25);/q;+1/p-1/t8?,10-,11-,12+,14+;/m0./s1. The first-order valence-electron chi connectivity index (χ1n) is 9.32. The summed E-state index contributed by atoms with van der Waals surface area (Å²) in [7, 11) is 1.67. The van der Waals surface area contributed by atoms with Crippen molar-refractivity contribution < 1.29 is 54.2 Å². The Morgan fingerprint density at radius 1 is 1.30 bits per heavy atom. The number of nitrogens with zero attached hydrogens (tertiary/aromatic N) is 2. The summed E-state index contributed by atoms with van der Waals surface area (Å²) in [6.45, 7) is 1.56. The van der Waals surface area contributed by atoms with E-state index in [-0.39, 0.29) is 71.2 Å². The Kier molecular flexibility index (Phi) is 5.65. The third kappa shape index (κ3) is 3.20. The third-order valence-corrected chi connectivity index (χ3v) is 6.27. The van der Waals surface area contributed by atoms with Crippen LogP contribution in [0.3, 0.4) is 0 Å². The van der Waals surface area contributed by atoms with E-state index in [1.54, 1.807) is 18.9 Å². The summed E-state index contributed by atoms with van der Waals surface area (Å²) in [6, 6.07) is -0.707. The summed E-state index contributed by atoms with van der Waals surface area (Å²) in [5.74, 6) is -2.48. The zero-order valence-corrected chi connectivity index (χ0v) is 18.0. The molecule has 27 heavy (non-hydrogen) atoms. The Morgan fingerprint density at radius 3 is 2.52 bits per heavy atom. The van der Waals surface area contributed by atoms with Crippen LogP contribution < -0.4 is 40.0 Å². The van der Waals surface area contributed by atoms with Gasteiger partial charge >= 0.3 is 35.6 Å². The van der Waals surface area contributed by atoms with Gasteiger partial charge in [-0.05, 0) is 38.2 Å². The second kappa shape index (κ2) is 7.39. The Labute approximate surface area is 180 Å². The minimum Gasteiger partial charge on any atom is -0.543 e. The number of aliphatic hydroxyl groups is 1. The number of likely N-dealkylation sites (N-methyl/N-ethyl adjacent to an activating group) is 1. The molecule has 8 nitrogen and oxygen atoms in total. The van der Waals surface area contributed by atoms with Crippen LogP contribution in [0.15, 0.2) is 11.3 Å². The van der Waals surface area contributed by atoms with E-state index in [2.05, 4.69) is 5.32 Å². The number of hydrogen-bond donors (Lipinski definition) is 2. The number of carbonyl (C=O) groups excluding carboxylic acids is 3. The molecule has 4 aliphatic rings. The molecule has 2 aliphatic heterocycles. The van der Waals surface area contributed by atoms with Crippen molar-refractivity contribution >= 4 is 17.9 Å². The SMILES string of the molecule is CC(O)[C@H]1C(=O)N2C(C(=O)[O-])=C3[C@H](CCC[C@@H]3N(C)C(=O)NC3CC3)[C@H]12.[Na+]. The van der Waals surface area contributed by atoms with Crippen molar-refractivity contribution in [1.82, 2.24) is 15.1 Å². The van der Waals surface area contributed by atoms with Crippen LogP contribution >= 0.6 is 0 Å². The fourth-order valence-corrected chi connectivity index (χ4v) is 4.89. The van der Waals surface area contributed by atoms with E-state index in [0.717, 1.165) is 25.7 Å². The summed E-state index contributed by atoms with van der Waals surface area (Å²) in [4.78, 5) is 39.6. The monoisotopic (exact) mass is 385 g/mol. The Balaban J connectivity index is 0.00000210. The fourth-order valence-electron chi connectivity index (χ4n) is 4.89. The van der Waals surface area contributed by atoms with Gasteiger partial charge in [0.05, 0.1) is 35.8 Å². The number of fused-ring (bicyclic) bond motifs is 3. The van der Waals surface area contributed by atoms with Crippen LogP contribution in [0.2, 0.25) is 0 Å². The predicted octanol–water partition coefficient (Wildman–Crippen LogP) is -3.81. The van der Waals surface area contributed by atoms with Crippen LogP contribution in [-0.2, 0) is 9.59 Å². The number of rotatable bonds is 4. The average molecular weight is 385 g/mol. The van der Waals surface area contributed by atoms with Crippen molar-refractivity contribution in [3.63, 3.8) is 0 Å². The zero-order chi connectivity index (χ0) is 18.7. The first kappa shape index (κ1) is 20.6. The van der Waals surface area contributed by atoms with Gasteiger partial charge in [-0.15, -0.1) is 0 Å². The number of hydrogen-bond acceptors (Lipinski definition) is 5. The minimum absolute atomic E-state index is 0. The second-order valence-corrected chi connectivity index (χ2v) is 7.94. The molecule has 0 aromatic rings. The van der Waals surface area contributed by atoms with Crippen molar-refractivity contribution in [2.75, 3.05) is 7.05 Å². The van der Waals surface area contributed by atoms with E-state index in [0.29, 0.717) is 12.0 Å². The molecule has 2 heterocycles. The molecule has 1 saturated heterocycles. The van der Waals surface area contributed by atoms with Gasteiger partial charge in [-0.3, -0.25) is 4.79 Å². The zero-order valence-electron chi connectivity index (χ0n) is 16.0. The van der Waals surface area contributed by atoms with Crippen LogP contribution in [-0.4, -0.2) is 64.1 Å². The minimum atomic E-state index is -1.38. The van der Waals surface area contributed by atoms with Gasteiger partial charge in [-0.2, -0.15) is 0 Å². The molecule has 3 amide bonds. The number of carboxylic acids is 1. The van der Waals surface area contributed by atoms with Crippen LogP contribution in [0, 0.1) is 11.8 Å². The number of carboxylic acid groups (broad SMARTS) is 1. The molecule has 0 aromatic carbocycles. The summed E-state index contributed by atoms with van der Waals surface area (Å²) in [5, 5.41) is 24.7. The van der Waals surface area contributed by atoms with Crippen LogP contribution in [0.25, 0.3) is 0 Å². The van der Waals surface area contributed by atoms with E-state index in [1.165, 1.54) is 4.90 Å². The first-order valence-corrected chi connectivity index (χ1v) is 9.32. The maximum atomic E-state index is 12.5. The van der Waals surface area contributed by atoms with Crippen molar-refractivity contribution in [2.45, 2.75) is 63.3 Å². The second-order valence-electron chi connectivity index (χ2n) is 7.94. The maximum Gasteiger partial charge on any atom is 1.00 e. The van der Waals surface area contributed by atoms with E-state index >= 15 is 0 Å². The molecule has 5 atom stereocenters. The van der Waals surface area contributed by atoms with Gasteiger partial charge in [0.25, 0.3) is 0 Å². The molecule has 3 fully saturated rings. The van der Waals surface area contributed by atoms with Crippen LogP contribution in [0.1, 0.15) is 39.0 Å². The molecule has 4 rings (SSSR count). The van der Waals surface area contributed by atoms with Crippen molar-refractivity contribution in [1.29, 1.82) is 0 Å². The van der Waals surface area contributed by atoms with E-state index in [4.69, 9.17) is 0 Å². The fraction of sp³-hybridized carbons (Fsp3) is 0.722. The first-order chi connectivity index (χ1) is 12.3. The molecule has 2 aliphatic carbocycles. The summed E-state index contributed by atoms with van der Waals surface area (Å²) in [5.41, 5.74) is 0.531.